The Bertz CT molecular complexity index is 424. The summed E-state index contributed by atoms with van der Waals surface area (Å²) in [5, 5.41) is 3.50. The molecular weight excluding hydrogens is 342 g/mol. The van der Waals surface area contributed by atoms with Crippen molar-refractivity contribution in [2.24, 2.45) is 0 Å². The van der Waals surface area contributed by atoms with Gasteiger partial charge in [-0.1, -0.05) is 39.5 Å². The molecule has 0 bridgehead atoms. The van der Waals surface area contributed by atoms with Gasteiger partial charge in [0.2, 0.25) is 0 Å². The molecule has 126 valence electrons. The summed E-state index contributed by atoms with van der Waals surface area (Å²) in [4.78, 5) is 0. The van der Waals surface area contributed by atoms with Crippen LogP contribution in [0.1, 0.15) is 57.9 Å². The lowest BCUT2D eigenvalue weighted by Crippen LogP contribution is -2.14. The molecule has 0 heterocycles. The summed E-state index contributed by atoms with van der Waals surface area (Å²) in [5.41, 5.74) is 1.21. The highest BCUT2D eigenvalue weighted by molar-refractivity contribution is 9.10. The predicted molar refractivity (Wildman–Crippen MR) is 96.9 cm³/mol. The smallest absolute Gasteiger partial charge is 0.175 e. The van der Waals surface area contributed by atoms with Crippen molar-refractivity contribution in [2.45, 2.75) is 58.9 Å². The SMILES string of the molecule is CCCCCCCNCc1cc(Br)c(OCCC)c(OC)c1. The van der Waals surface area contributed by atoms with Gasteiger partial charge in [-0.2, -0.15) is 0 Å². The van der Waals surface area contributed by atoms with E-state index in [2.05, 4.69) is 47.2 Å². The fraction of sp³-hybridized carbons (Fsp3) is 0.667. The Morgan fingerprint density at radius 3 is 2.50 bits per heavy atom. The molecule has 0 atom stereocenters. The van der Waals surface area contributed by atoms with E-state index in [0.717, 1.165) is 35.5 Å². The molecule has 1 aromatic rings. The number of ether oxygens (including phenoxy) is 2. The van der Waals surface area contributed by atoms with Crippen molar-refractivity contribution in [2.75, 3.05) is 20.3 Å². The van der Waals surface area contributed by atoms with Gasteiger partial charge in [-0.3, -0.25) is 0 Å². The van der Waals surface area contributed by atoms with Crippen molar-refractivity contribution in [3.05, 3.63) is 22.2 Å². The number of unbranched alkanes of at least 4 members (excludes halogenated alkanes) is 4. The first-order chi connectivity index (χ1) is 10.7. The van der Waals surface area contributed by atoms with E-state index in [-0.39, 0.29) is 0 Å². The van der Waals surface area contributed by atoms with E-state index < -0.39 is 0 Å². The van der Waals surface area contributed by atoms with Crippen molar-refractivity contribution in [1.82, 2.24) is 5.32 Å². The summed E-state index contributed by atoms with van der Waals surface area (Å²) in [7, 11) is 1.69. The van der Waals surface area contributed by atoms with Gasteiger partial charge in [0.25, 0.3) is 0 Å². The molecule has 1 rings (SSSR count). The van der Waals surface area contributed by atoms with Gasteiger partial charge in [0.15, 0.2) is 11.5 Å². The van der Waals surface area contributed by atoms with E-state index in [1.54, 1.807) is 7.11 Å². The molecule has 0 amide bonds. The van der Waals surface area contributed by atoms with E-state index in [1.807, 2.05) is 0 Å². The second kappa shape index (κ2) is 11.8. The molecular formula is C18H30BrNO2. The van der Waals surface area contributed by atoms with Crippen LogP contribution >= 0.6 is 15.9 Å². The van der Waals surface area contributed by atoms with Crippen molar-refractivity contribution in [1.29, 1.82) is 0 Å². The van der Waals surface area contributed by atoms with Crippen LogP contribution in [0.15, 0.2) is 16.6 Å². The van der Waals surface area contributed by atoms with E-state index in [4.69, 9.17) is 9.47 Å². The maximum absolute atomic E-state index is 5.75. The van der Waals surface area contributed by atoms with E-state index in [1.165, 1.54) is 37.7 Å². The number of hydrogen-bond acceptors (Lipinski definition) is 3. The van der Waals surface area contributed by atoms with Crippen molar-refractivity contribution < 1.29 is 9.47 Å². The first-order valence-electron chi connectivity index (χ1n) is 8.42. The minimum Gasteiger partial charge on any atom is -0.493 e. The fourth-order valence-corrected chi connectivity index (χ4v) is 2.91. The van der Waals surface area contributed by atoms with Gasteiger partial charge >= 0.3 is 0 Å². The van der Waals surface area contributed by atoms with Gasteiger partial charge in [-0.15, -0.1) is 0 Å². The molecule has 0 aliphatic heterocycles. The Morgan fingerprint density at radius 1 is 1.05 bits per heavy atom. The number of benzene rings is 1. The van der Waals surface area contributed by atoms with Gasteiger partial charge < -0.3 is 14.8 Å². The zero-order valence-electron chi connectivity index (χ0n) is 14.2. The van der Waals surface area contributed by atoms with Crippen LogP contribution < -0.4 is 14.8 Å². The predicted octanol–water partition coefficient (Wildman–Crippen LogP) is 5.31. The molecule has 22 heavy (non-hydrogen) atoms. The second-order valence-corrected chi connectivity index (χ2v) is 6.40. The third kappa shape index (κ3) is 7.01. The number of hydrogen-bond donors (Lipinski definition) is 1. The van der Waals surface area contributed by atoms with Crippen LogP contribution in [0.2, 0.25) is 0 Å². The van der Waals surface area contributed by atoms with Gasteiger partial charge in [0.1, 0.15) is 0 Å². The lowest BCUT2D eigenvalue weighted by atomic mass is 10.1. The molecule has 0 spiro atoms. The lowest BCUT2D eigenvalue weighted by molar-refractivity contribution is 0.292. The van der Waals surface area contributed by atoms with Gasteiger partial charge in [-0.05, 0) is 53.0 Å². The first-order valence-corrected chi connectivity index (χ1v) is 9.22. The number of methoxy groups -OCH3 is 1. The Kier molecular flexibility index (Phi) is 10.3. The normalized spacial score (nSPS) is 10.7. The summed E-state index contributed by atoms with van der Waals surface area (Å²) in [6, 6.07) is 4.16. The van der Waals surface area contributed by atoms with Crippen LogP contribution in [0.25, 0.3) is 0 Å². The average molecular weight is 372 g/mol. The fourth-order valence-electron chi connectivity index (χ4n) is 2.31. The highest BCUT2D eigenvalue weighted by Crippen LogP contribution is 2.36. The summed E-state index contributed by atoms with van der Waals surface area (Å²) >= 11 is 3.59. The second-order valence-electron chi connectivity index (χ2n) is 5.55. The van der Waals surface area contributed by atoms with Crippen LogP contribution in [-0.2, 0) is 6.54 Å². The molecule has 0 radical (unpaired) electrons. The largest absolute Gasteiger partial charge is 0.493 e. The summed E-state index contributed by atoms with van der Waals surface area (Å²) < 4.78 is 12.2. The van der Waals surface area contributed by atoms with Crippen LogP contribution in [0.5, 0.6) is 11.5 Å². The number of nitrogens with one attached hydrogen (secondary N) is 1. The van der Waals surface area contributed by atoms with Gasteiger partial charge in [0, 0.05) is 6.54 Å². The monoisotopic (exact) mass is 371 g/mol. The lowest BCUT2D eigenvalue weighted by Gasteiger charge is -2.14. The summed E-state index contributed by atoms with van der Waals surface area (Å²) in [5.74, 6) is 1.59. The molecule has 1 N–H and O–H groups in total. The quantitative estimate of drug-likeness (QED) is 0.505. The molecule has 4 heteroatoms. The minimum absolute atomic E-state index is 0.699. The number of rotatable bonds is 12. The van der Waals surface area contributed by atoms with Crippen LogP contribution in [-0.4, -0.2) is 20.3 Å². The number of halogens is 1. The van der Waals surface area contributed by atoms with E-state index in [9.17, 15) is 0 Å². The Morgan fingerprint density at radius 2 is 1.82 bits per heavy atom. The van der Waals surface area contributed by atoms with Crippen LogP contribution in [0, 0.1) is 0 Å². The Labute approximate surface area is 143 Å². The van der Waals surface area contributed by atoms with Gasteiger partial charge in [0.05, 0.1) is 18.2 Å². The first kappa shape index (κ1) is 19.3. The third-order valence-electron chi connectivity index (χ3n) is 3.53. The maximum Gasteiger partial charge on any atom is 0.175 e. The molecule has 0 saturated carbocycles. The van der Waals surface area contributed by atoms with Crippen molar-refractivity contribution in [3.8, 4) is 11.5 Å². The van der Waals surface area contributed by atoms with Gasteiger partial charge in [-0.25, -0.2) is 0 Å². The summed E-state index contributed by atoms with van der Waals surface area (Å²) in [6.07, 6.45) is 7.54. The minimum atomic E-state index is 0.699. The zero-order chi connectivity index (χ0) is 16.2. The molecule has 0 aromatic heterocycles. The average Bonchev–Trinajstić information content (AvgIpc) is 2.52. The molecule has 0 aliphatic rings. The molecule has 0 unspecified atom stereocenters. The zero-order valence-corrected chi connectivity index (χ0v) is 15.8. The third-order valence-corrected chi connectivity index (χ3v) is 4.12. The van der Waals surface area contributed by atoms with Crippen LogP contribution in [0.4, 0.5) is 0 Å². The molecule has 3 nitrogen and oxygen atoms in total. The maximum atomic E-state index is 5.75. The Balaban J connectivity index is 2.45. The standard InChI is InChI=1S/C18H30BrNO2/c1-4-6-7-8-9-10-20-14-15-12-16(19)18(22-11-5-2)17(13-15)21-3/h12-13,20H,4-11,14H2,1-3H3. The molecule has 0 aliphatic carbocycles. The molecule has 1 aromatic carbocycles. The topological polar surface area (TPSA) is 30.5 Å². The molecule has 0 saturated heterocycles. The van der Waals surface area contributed by atoms with Crippen LogP contribution in [0.3, 0.4) is 0 Å². The summed E-state index contributed by atoms with van der Waals surface area (Å²) in [6.45, 7) is 6.97. The highest BCUT2D eigenvalue weighted by Gasteiger charge is 2.11. The highest BCUT2D eigenvalue weighted by atomic mass is 79.9. The molecule has 0 fully saturated rings. The van der Waals surface area contributed by atoms with Crippen molar-refractivity contribution in [3.63, 3.8) is 0 Å². The van der Waals surface area contributed by atoms with E-state index >= 15 is 0 Å². The van der Waals surface area contributed by atoms with E-state index in [0.29, 0.717) is 6.61 Å². The Hall–Kier alpha value is -0.740. The van der Waals surface area contributed by atoms with Crippen molar-refractivity contribution >= 4 is 15.9 Å².